The number of amides is 2. The summed E-state index contributed by atoms with van der Waals surface area (Å²) in [4.78, 5) is 30.7. The Morgan fingerprint density at radius 2 is 1.78 bits per heavy atom. The Hall–Kier alpha value is -2.12. The quantitative estimate of drug-likeness (QED) is 0.781. The van der Waals surface area contributed by atoms with Crippen LogP contribution in [0.4, 0.5) is 11.4 Å². The number of nitrogens with two attached hydrogens (primary N) is 1. The predicted octanol–water partition coefficient (Wildman–Crippen LogP) is 1.11. The smallest absolute Gasteiger partial charge is 0.238 e. The minimum atomic E-state index is -0.338. The molecule has 2 amide bonds. The lowest BCUT2D eigenvalue weighted by atomic mass is 10.0. The molecular weight excluding hydrogens is 342 g/mol. The maximum absolute atomic E-state index is 12.4. The number of piperidine rings is 1. The number of piperazine rings is 1. The maximum Gasteiger partial charge on any atom is 0.238 e. The SMILES string of the molecule is CCN1CCN(c2ccc(NC(=O)CN3CCCCC3C(N)=O)cc2)CC1. The molecule has 0 bridgehead atoms. The van der Waals surface area contributed by atoms with Gasteiger partial charge in [0, 0.05) is 37.6 Å². The van der Waals surface area contributed by atoms with Gasteiger partial charge in [0.1, 0.15) is 0 Å². The van der Waals surface area contributed by atoms with Gasteiger partial charge in [0.15, 0.2) is 0 Å². The average molecular weight is 374 g/mol. The maximum atomic E-state index is 12.4. The molecule has 0 saturated carbocycles. The number of nitrogens with one attached hydrogen (secondary N) is 1. The van der Waals surface area contributed by atoms with E-state index in [2.05, 4.69) is 34.2 Å². The van der Waals surface area contributed by atoms with Gasteiger partial charge in [-0.05, 0) is 50.2 Å². The number of likely N-dealkylation sites (N-methyl/N-ethyl adjacent to an activating group) is 1. The van der Waals surface area contributed by atoms with Crippen LogP contribution in [0.1, 0.15) is 26.2 Å². The highest BCUT2D eigenvalue weighted by atomic mass is 16.2. The number of primary amides is 1. The average Bonchev–Trinajstić information content (AvgIpc) is 2.69. The summed E-state index contributed by atoms with van der Waals surface area (Å²) in [5.74, 6) is -0.442. The van der Waals surface area contributed by atoms with Gasteiger partial charge >= 0.3 is 0 Å². The van der Waals surface area contributed by atoms with Crippen molar-refractivity contribution in [1.29, 1.82) is 0 Å². The van der Waals surface area contributed by atoms with E-state index in [0.29, 0.717) is 0 Å². The van der Waals surface area contributed by atoms with Crippen molar-refractivity contribution in [2.75, 3.05) is 56.0 Å². The molecule has 1 aromatic carbocycles. The van der Waals surface area contributed by atoms with Crippen molar-refractivity contribution < 1.29 is 9.59 Å². The first-order valence-corrected chi connectivity index (χ1v) is 9.97. The molecule has 2 heterocycles. The third-order valence-electron chi connectivity index (χ3n) is 5.62. The topological polar surface area (TPSA) is 81.9 Å². The Labute approximate surface area is 161 Å². The van der Waals surface area contributed by atoms with Crippen LogP contribution in [0.3, 0.4) is 0 Å². The first kappa shape index (κ1) is 19.6. The molecule has 2 fully saturated rings. The summed E-state index contributed by atoms with van der Waals surface area (Å²) in [7, 11) is 0. The fraction of sp³-hybridized carbons (Fsp3) is 0.600. The summed E-state index contributed by atoms with van der Waals surface area (Å²) in [6.07, 6.45) is 2.72. The molecule has 27 heavy (non-hydrogen) atoms. The first-order chi connectivity index (χ1) is 13.1. The summed E-state index contributed by atoms with van der Waals surface area (Å²) in [5, 5.41) is 2.94. The Morgan fingerprint density at radius 1 is 1.07 bits per heavy atom. The summed E-state index contributed by atoms with van der Waals surface area (Å²) in [5.41, 5.74) is 7.44. The molecule has 7 nitrogen and oxygen atoms in total. The number of anilines is 2. The molecule has 1 unspecified atom stereocenters. The molecule has 3 rings (SSSR count). The van der Waals surface area contributed by atoms with Crippen molar-refractivity contribution in [3.63, 3.8) is 0 Å². The molecule has 0 aliphatic carbocycles. The number of likely N-dealkylation sites (tertiary alicyclic amines) is 1. The van der Waals surface area contributed by atoms with Gasteiger partial charge in [-0.3, -0.25) is 14.5 Å². The van der Waals surface area contributed by atoms with Crippen molar-refractivity contribution in [2.24, 2.45) is 5.73 Å². The normalized spacial score (nSPS) is 21.8. The minimum Gasteiger partial charge on any atom is -0.369 e. The van der Waals surface area contributed by atoms with Gasteiger partial charge in [0.05, 0.1) is 12.6 Å². The van der Waals surface area contributed by atoms with Crippen molar-refractivity contribution in [2.45, 2.75) is 32.2 Å². The van der Waals surface area contributed by atoms with Crippen molar-refractivity contribution >= 4 is 23.2 Å². The van der Waals surface area contributed by atoms with E-state index >= 15 is 0 Å². The van der Waals surface area contributed by atoms with Crippen molar-refractivity contribution in [3.05, 3.63) is 24.3 Å². The van der Waals surface area contributed by atoms with Gasteiger partial charge in [-0.25, -0.2) is 0 Å². The zero-order valence-corrected chi connectivity index (χ0v) is 16.2. The van der Waals surface area contributed by atoms with Crippen LogP contribution in [0, 0.1) is 0 Å². The Morgan fingerprint density at radius 3 is 2.41 bits per heavy atom. The predicted molar refractivity (Wildman–Crippen MR) is 108 cm³/mol. The Balaban J connectivity index is 1.52. The lowest BCUT2D eigenvalue weighted by Crippen LogP contribution is -2.50. The third-order valence-corrected chi connectivity index (χ3v) is 5.62. The molecule has 1 atom stereocenters. The number of benzene rings is 1. The zero-order valence-electron chi connectivity index (χ0n) is 16.2. The van der Waals surface area contributed by atoms with Crippen LogP contribution in [0.2, 0.25) is 0 Å². The van der Waals surface area contributed by atoms with E-state index in [9.17, 15) is 9.59 Å². The molecule has 0 spiro atoms. The molecule has 3 N–H and O–H groups in total. The summed E-state index contributed by atoms with van der Waals surface area (Å²) in [6.45, 7) is 8.48. The van der Waals surface area contributed by atoms with Gasteiger partial charge in [0.2, 0.25) is 11.8 Å². The molecule has 7 heteroatoms. The number of carbonyl (C=O) groups excluding carboxylic acids is 2. The zero-order chi connectivity index (χ0) is 19.2. The van der Waals surface area contributed by atoms with Crippen LogP contribution in [0.25, 0.3) is 0 Å². The van der Waals surface area contributed by atoms with Crippen molar-refractivity contribution in [1.82, 2.24) is 9.80 Å². The van der Waals surface area contributed by atoms with E-state index in [1.54, 1.807) is 0 Å². The minimum absolute atomic E-state index is 0.104. The van der Waals surface area contributed by atoms with E-state index in [-0.39, 0.29) is 24.4 Å². The highest BCUT2D eigenvalue weighted by Gasteiger charge is 2.28. The van der Waals surface area contributed by atoms with Gasteiger partial charge in [0.25, 0.3) is 0 Å². The summed E-state index contributed by atoms with van der Waals surface area (Å²) in [6, 6.07) is 7.69. The molecule has 148 valence electrons. The van der Waals surface area contributed by atoms with Crippen molar-refractivity contribution in [3.8, 4) is 0 Å². The molecule has 1 aromatic rings. The summed E-state index contributed by atoms with van der Waals surface area (Å²) >= 11 is 0. The summed E-state index contributed by atoms with van der Waals surface area (Å²) < 4.78 is 0. The van der Waals surface area contributed by atoms with E-state index in [1.807, 2.05) is 17.0 Å². The highest BCUT2D eigenvalue weighted by Crippen LogP contribution is 2.20. The van der Waals surface area contributed by atoms with Gasteiger partial charge in [-0.15, -0.1) is 0 Å². The standard InChI is InChI=1S/C20H31N5O2/c1-2-23-11-13-24(14-12-23)17-8-6-16(7-9-17)22-19(26)15-25-10-4-3-5-18(25)20(21)27/h6-9,18H,2-5,10-15H2,1H3,(H2,21,27)(H,22,26). The Kier molecular flexibility index (Phi) is 6.68. The fourth-order valence-electron chi connectivity index (χ4n) is 3.97. The van der Waals surface area contributed by atoms with Crippen LogP contribution in [-0.4, -0.2) is 73.5 Å². The molecule has 2 saturated heterocycles. The number of nitrogens with zero attached hydrogens (tertiary/aromatic N) is 3. The monoisotopic (exact) mass is 373 g/mol. The number of hydrogen-bond donors (Lipinski definition) is 2. The second kappa shape index (κ2) is 9.19. The second-order valence-electron chi connectivity index (χ2n) is 7.40. The van der Waals surface area contributed by atoms with E-state index in [0.717, 1.165) is 64.2 Å². The van der Waals surface area contributed by atoms with Gasteiger partial charge in [-0.1, -0.05) is 13.3 Å². The number of rotatable bonds is 6. The molecule has 0 aromatic heterocycles. The van der Waals surface area contributed by atoms with Gasteiger partial charge < -0.3 is 20.9 Å². The number of hydrogen-bond acceptors (Lipinski definition) is 5. The lowest BCUT2D eigenvalue weighted by molar-refractivity contribution is -0.126. The Bertz CT molecular complexity index is 640. The van der Waals surface area contributed by atoms with E-state index < -0.39 is 0 Å². The highest BCUT2D eigenvalue weighted by molar-refractivity contribution is 5.93. The number of carbonyl (C=O) groups is 2. The first-order valence-electron chi connectivity index (χ1n) is 9.97. The molecule has 0 radical (unpaired) electrons. The van der Waals surface area contributed by atoms with E-state index in [1.165, 1.54) is 5.69 Å². The van der Waals surface area contributed by atoms with Crippen LogP contribution in [-0.2, 0) is 9.59 Å². The molecule has 2 aliphatic rings. The van der Waals surface area contributed by atoms with Crippen LogP contribution in [0.5, 0.6) is 0 Å². The molecular formula is C20H31N5O2. The van der Waals surface area contributed by atoms with Gasteiger partial charge in [-0.2, -0.15) is 0 Å². The third kappa shape index (κ3) is 5.20. The lowest BCUT2D eigenvalue weighted by Gasteiger charge is -2.35. The fourth-order valence-corrected chi connectivity index (χ4v) is 3.97. The van der Waals surface area contributed by atoms with E-state index in [4.69, 9.17) is 5.73 Å². The second-order valence-corrected chi connectivity index (χ2v) is 7.40. The van der Waals surface area contributed by atoms with Crippen LogP contribution in [0.15, 0.2) is 24.3 Å². The van der Waals surface area contributed by atoms with Crippen LogP contribution < -0.4 is 16.0 Å². The largest absolute Gasteiger partial charge is 0.369 e. The molecule has 2 aliphatic heterocycles. The van der Waals surface area contributed by atoms with Crippen LogP contribution >= 0.6 is 0 Å².